The molecule has 204 valence electrons. The first-order valence-electron chi connectivity index (χ1n) is 12.9. The third-order valence-corrected chi connectivity index (χ3v) is 7.20. The molecule has 1 aliphatic rings. The number of nitrogens with one attached hydrogen (secondary N) is 2. The second kappa shape index (κ2) is 9.78. The van der Waals surface area contributed by atoms with Crippen molar-refractivity contribution in [1.82, 2.24) is 40.0 Å². The van der Waals surface area contributed by atoms with Crippen LogP contribution >= 0.6 is 0 Å². The van der Waals surface area contributed by atoms with Gasteiger partial charge in [0.2, 0.25) is 0 Å². The number of benzene rings is 1. The number of halogens is 2. The minimum Gasteiger partial charge on any atom is -0.382 e. The van der Waals surface area contributed by atoms with Gasteiger partial charge in [0.25, 0.3) is 11.8 Å². The molecule has 1 aromatic carbocycles. The van der Waals surface area contributed by atoms with Gasteiger partial charge in [0.15, 0.2) is 11.5 Å². The molecule has 0 aliphatic heterocycles. The van der Waals surface area contributed by atoms with Crippen molar-refractivity contribution in [1.29, 1.82) is 0 Å². The molecule has 40 heavy (non-hydrogen) atoms. The fraction of sp³-hybridized carbons (Fsp3) is 0.286. The Morgan fingerprint density at radius 1 is 1.15 bits per heavy atom. The number of hydrogen-bond donors (Lipinski definition) is 3. The standard InChI is InChI=1S/C28H27F2N9O/c1-15-7-22(16(2)38-37-15)27(40)32-11-21-10-19-8-18(17-3-5-28(29,30)6-4-17)9-20(23(19)36-21)12-39-14-35-24-25(31)33-13-34-26(24)39/h3,7-10,13-14,36H,4-6,11-12H2,1-2H3,(H,32,40)(H2,31,33,34). The summed E-state index contributed by atoms with van der Waals surface area (Å²) < 4.78 is 29.6. The number of alkyl halides is 2. The highest BCUT2D eigenvalue weighted by Crippen LogP contribution is 2.38. The Balaban J connectivity index is 1.36. The number of allylic oxidation sites excluding steroid dienone is 2. The zero-order valence-corrected chi connectivity index (χ0v) is 22.0. The molecule has 0 saturated heterocycles. The van der Waals surface area contributed by atoms with Crippen LogP contribution in [0.3, 0.4) is 0 Å². The lowest BCUT2D eigenvalue weighted by molar-refractivity contribution is -0.00603. The van der Waals surface area contributed by atoms with Crippen LogP contribution in [0.5, 0.6) is 0 Å². The molecule has 4 heterocycles. The van der Waals surface area contributed by atoms with E-state index in [0.717, 1.165) is 33.3 Å². The first-order valence-corrected chi connectivity index (χ1v) is 12.9. The number of anilines is 1. The average molecular weight is 544 g/mol. The molecule has 0 radical (unpaired) electrons. The number of rotatable bonds is 6. The highest BCUT2D eigenvalue weighted by molar-refractivity contribution is 5.95. The van der Waals surface area contributed by atoms with Crippen molar-refractivity contribution in [2.24, 2.45) is 0 Å². The third-order valence-electron chi connectivity index (χ3n) is 7.20. The first kappa shape index (κ1) is 25.5. The molecule has 1 amide bonds. The fourth-order valence-electron chi connectivity index (χ4n) is 5.09. The summed E-state index contributed by atoms with van der Waals surface area (Å²) in [6.07, 6.45) is 4.53. The lowest BCUT2D eigenvalue weighted by Gasteiger charge is -2.22. The minimum atomic E-state index is -2.67. The highest BCUT2D eigenvalue weighted by atomic mass is 19.3. The van der Waals surface area contributed by atoms with E-state index in [9.17, 15) is 13.6 Å². The molecule has 0 spiro atoms. The Bertz CT molecular complexity index is 1800. The average Bonchev–Trinajstić information content (AvgIpc) is 3.53. The summed E-state index contributed by atoms with van der Waals surface area (Å²) in [4.78, 5) is 29.0. The zero-order chi connectivity index (χ0) is 28.0. The van der Waals surface area contributed by atoms with E-state index in [2.05, 4.69) is 35.5 Å². The molecule has 10 nitrogen and oxygen atoms in total. The Morgan fingerprint density at radius 3 is 2.80 bits per heavy atom. The van der Waals surface area contributed by atoms with Crippen LogP contribution in [0, 0.1) is 13.8 Å². The number of imidazole rings is 1. The van der Waals surface area contributed by atoms with Crippen LogP contribution in [0.25, 0.3) is 27.6 Å². The van der Waals surface area contributed by atoms with Gasteiger partial charge in [-0.1, -0.05) is 6.08 Å². The molecular weight excluding hydrogens is 516 g/mol. The maximum Gasteiger partial charge on any atom is 0.253 e. The zero-order valence-electron chi connectivity index (χ0n) is 22.0. The summed E-state index contributed by atoms with van der Waals surface area (Å²) in [6.45, 7) is 4.20. The summed E-state index contributed by atoms with van der Waals surface area (Å²) in [5.74, 6) is -2.62. The Labute approximate surface area is 227 Å². The van der Waals surface area contributed by atoms with Gasteiger partial charge in [-0.15, -0.1) is 0 Å². The van der Waals surface area contributed by atoms with Crippen molar-refractivity contribution in [3.05, 3.63) is 76.8 Å². The van der Waals surface area contributed by atoms with E-state index >= 15 is 0 Å². The van der Waals surface area contributed by atoms with Gasteiger partial charge in [0.1, 0.15) is 11.8 Å². The number of carbonyl (C=O) groups excluding carboxylic acids is 1. The lowest BCUT2D eigenvalue weighted by atomic mass is 9.90. The SMILES string of the molecule is Cc1cc(C(=O)NCc2cc3cc(C4=CCC(F)(F)CC4)cc(Cn4cnc5c(N)ncnc54)c3[nH]2)c(C)nn1. The molecule has 4 aromatic heterocycles. The minimum absolute atomic E-state index is 0.179. The second-order valence-electron chi connectivity index (χ2n) is 10.2. The maximum absolute atomic E-state index is 13.9. The second-order valence-corrected chi connectivity index (χ2v) is 10.2. The number of aromatic amines is 1. The van der Waals surface area contributed by atoms with Crippen molar-refractivity contribution >= 4 is 39.4 Å². The number of H-pyrrole nitrogens is 1. The topological polar surface area (TPSA) is 140 Å². The van der Waals surface area contributed by atoms with Crippen LogP contribution in [-0.2, 0) is 13.1 Å². The fourth-order valence-corrected chi connectivity index (χ4v) is 5.09. The first-order chi connectivity index (χ1) is 19.2. The smallest absolute Gasteiger partial charge is 0.253 e. The molecule has 0 unspecified atom stereocenters. The predicted molar refractivity (Wildman–Crippen MR) is 147 cm³/mol. The van der Waals surface area contributed by atoms with Gasteiger partial charge in [0.05, 0.1) is 41.9 Å². The Hall–Kier alpha value is -4.74. The lowest BCUT2D eigenvalue weighted by Crippen LogP contribution is -2.24. The Morgan fingerprint density at radius 2 is 2.00 bits per heavy atom. The van der Waals surface area contributed by atoms with Gasteiger partial charge in [-0.3, -0.25) is 4.79 Å². The molecule has 5 aromatic rings. The van der Waals surface area contributed by atoms with Gasteiger partial charge >= 0.3 is 0 Å². The molecule has 6 rings (SSSR count). The number of nitrogens with two attached hydrogens (primary N) is 1. The summed E-state index contributed by atoms with van der Waals surface area (Å²) in [7, 11) is 0. The van der Waals surface area contributed by atoms with E-state index in [1.54, 1.807) is 32.3 Å². The molecule has 0 atom stereocenters. The van der Waals surface area contributed by atoms with Gasteiger partial charge in [-0.2, -0.15) is 10.2 Å². The van der Waals surface area contributed by atoms with Crippen LogP contribution in [0.1, 0.15) is 57.8 Å². The molecular formula is C28H27F2N9O. The van der Waals surface area contributed by atoms with Crippen molar-refractivity contribution < 1.29 is 13.6 Å². The molecule has 1 aliphatic carbocycles. The van der Waals surface area contributed by atoms with E-state index in [1.807, 2.05) is 22.8 Å². The summed E-state index contributed by atoms with van der Waals surface area (Å²) >= 11 is 0. The number of aryl methyl sites for hydroxylation is 2. The predicted octanol–water partition coefficient (Wildman–Crippen LogP) is 4.48. The maximum atomic E-state index is 13.9. The number of nitrogens with zero attached hydrogens (tertiary/aromatic N) is 6. The van der Waals surface area contributed by atoms with Gasteiger partial charge < -0.3 is 20.6 Å². The third kappa shape index (κ3) is 4.88. The highest BCUT2D eigenvalue weighted by Gasteiger charge is 2.31. The Kier molecular flexibility index (Phi) is 6.24. The van der Waals surface area contributed by atoms with Crippen LogP contribution in [-0.4, -0.2) is 46.5 Å². The molecule has 0 fully saturated rings. The van der Waals surface area contributed by atoms with Crippen LogP contribution in [0.2, 0.25) is 0 Å². The van der Waals surface area contributed by atoms with Crippen LogP contribution in [0.4, 0.5) is 14.6 Å². The van der Waals surface area contributed by atoms with Crippen molar-refractivity contribution in [3.63, 3.8) is 0 Å². The van der Waals surface area contributed by atoms with Crippen LogP contribution < -0.4 is 11.1 Å². The summed E-state index contributed by atoms with van der Waals surface area (Å²) in [6, 6.07) is 7.69. The summed E-state index contributed by atoms with van der Waals surface area (Å²) in [5, 5.41) is 11.9. The van der Waals surface area contributed by atoms with Crippen molar-refractivity contribution in [2.75, 3.05) is 5.73 Å². The number of fused-ring (bicyclic) bond motifs is 2. The van der Waals surface area contributed by atoms with Crippen molar-refractivity contribution in [2.45, 2.75) is 52.1 Å². The van der Waals surface area contributed by atoms with E-state index < -0.39 is 5.92 Å². The largest absolute Gasteiger partial charge is 0.382 e. The molecule has 0 saturated carbocycles. The number of amides is 1. The van der Waals surface area contributed by atoms with Crippen molar-refractivity contribution in [3.8, 4) is 0 Å². The monoisotopic (exact) mass is 543 g/mol. The normalized spacial score (nSPS) is 14.9. The number of carbonyl (C=O) groups is 1. The number of aromatic nitrogens is 7. The molecule has 4 N–H and O–H groups in total. The molecule has 12 heteroatoms. The molecule has 0 bridgehead atoms. The van der Waals surface area contributed by atoms with Gasteiger partial charge in [-0.25, -0.2) is 23.7 Å². The number of nitrogen functional groups attached to an aromatic ring is 1. The summed E-state index contributed by atoms with van der Waals surface area (Å²) in [5.41, 5.74) is 13.1. The van der Waals surface area contributed by atoms with Gasteiger partial charge in [0, 0.05) is 23.9 Å². The van der Waals surface area contributed by atoms with E-state index in [0.29, 0.717) is 46.9 Å². The van der Waals surface area contributed by atoms with Crippen LogP contribution in [0.15, 0.2) is 43.0 Å². The quantitative estimate of drug-likeness (QED) is 0.287. The number of hydrogen-bond acceptors (Lipinski definition) is 7. The van der Waals surface area contributed by atoms with Gasteiger partial charge in [-0.05, 0) is 61.2 Å². The van der Waals surface area contributed by atoms with E-state index in [1.165, 1.54) is 6.33 Å². The van der Waals surface area contributed by atoms with E-state index in [4.69, 9.17) is 5.73 Å². The van der Waals surface area contributed by atoms with E-state index in [-0.39, 0.29) is 25.3 Å².